The van der Waals surface area contributed by atoms with E-state index in [1.807, 2.05) is 0 Å². The van der Waals surface area contributed by atoms with Gasteiger partial charge in [0.05, 0.1) is 107 Å². The Hall–Kier alpha value is -7.64. The van der Waals surface area contributed by atoms with Crippen molar-refractivity contribution >= 4 is 47.4 Å². The van der Waals surface area contributed by atoms with Crippen LogP contribution in [-0.4, -0.2) is 234 Å². The highest BCUT2D eigenvalue weighted by atomic mass is 16.6. The molecule has 0 heterocycles. The minimum atomic E-state index is -1.19. The van der Waals surface area contributed by atoms with Crippen molar-refractivity contribution in [2.24, 2.45) is 0 Å². The summed E-state index contributed by atoms with van der Waals surface area (Å²) in [5.74, 6) is -6.55. The minimum absolute atomic E-state index is 0.0725. The van der Waals surface area contributed by atoms with Gasteiger partial charge in [-0.1, -0.05) is 55.5 Å². The molecule has 0 aliphatic carbocycles. The molecule has 0 aliphatic heterocycles. The maximum Gasteiger partial charge on any atom is 0.339 e. The fraction of sp³-hybridized carbons (Fsp3) is 0.492. The highest BCUT2D eigenvalue weighted by molar-refractivity contribution is 6.09. The summed E-state index contributed by atoms with van der Waals surface area (Å²) in [6.07, 6.45) is -10.1. The smallest absolute Gasteiger partial charge is 0.339 e. The van der Waals surface area contributed by atoms with E-state index >= 15 is 4.79 Å². The van der Waals surface area contributed by atoms with Crippen LogP contribution in [0.3, 0.4) is 0 Å². The van der Waals surface area contributed by atoms with Crippen LogP contribution in [0.4, 0.5) is 0 Å². The standard InChI is InChI=1S/C63H85N5O18/c1-11-47(75)37-67(33-43(7)74)60(80)52-24-16-19-27-55(52)63(83)86-46(10)36-68(35-45(9)85-62(82)54-26-18-15-23-51(54)59(79)65(30-40(4)71)31-41(5)72)57(77)49-21-13-12-20-48(49)56(76)66(32-42(6)73)34-44(8)84-61(81)53-25-17-14-22-50(53)58(78)64(28-38(2)69)29-39(3)70/h12-27,38-47,69-75H,11,28-37H2,1-10H3. The van der Waals surface area contributed by atoms with E-state index in [1.165, 1.54) is 184 Å². The van der Waals surface area contributed by atoms with Gasteiger partial charge in [0.25, 0.3) is 29.5 Å². The van der Waals surface area contributed by atoms with E-state index in [4.69, 9.17) is 14.2 Å². The Balaban J connectivity index is 1.72. The van der Waals surface area contributed by atoms with Crippen LogP contribution in [0.2, 0.25) is 0 Å². The van der Waals surface area contributed by atoms with Crippen molar-refractivity contribution in [2.45, 2.75) is 137 Å². The number of aliphatic hydroxyl groups is 7. The number of esters is 3. The van der Waals surface area contributed by atoms with Crippen molar-refractivity contribution < 1.29 is 88.3 Å². The van der Waals surface area contributed by atoms with Gasteiger partial charge in [0, 0.05) is 45.8 Å². The van der Waals surface area contributed by atoms with E-state index in [1.54, 1.807) is 6.92 Å². The fourth-order valence-electron chi connectivity index (χ4n) is 9.53. The van der Waals surface area contributed by atoms with Crippen molar-refractivity contribution in [3.63, 3.8) is 0 Å². The topological polar surface area (TPSA) is 322 Å². The van der Waals surface area contributed by atoms with Crippen molar-refractivity contribution in [2.75, 3.05) is 65.4 Å². The molecule has 0 spiro atoms. The van der Waals surface area contributed by atoms with Gasteiger partial charge in [0.2, 0.25) is 0 Å². The van der Waals surface area contributed by atoms with Crippen molar-refractivity contribution in [1.82, 2.24) is 24.5 Å². The number of nitrogens with zero attached hydrogens (tertiary/aromatic N) is 5. The molecule has 86 heavy (non-hydrogen) atoms. The Labute approximate surface area is 502 Å². The monoisotopic (exact) mass is 1200 g/mol. The van der Waals surface area contributed by atoms with Crippen LogP contribution in [0.25, 0.3) is 0 Å². The van der Waals surface area contributed by atoms with Crippen molar-refractivity contribution in [3.8, 4) is 0 Å². The van der Waals surface area contributed by atoms with Gasteiger partial charge in [-0.25, -0.2) is 14.4 Å². The summed E-state index contributed by atoms with van der Waals surface area (Å²) >= 11 is 0. The molecule has 0 bridgehead atoms. The molecular weight excluding hydrogens is 1110 g/mol. The summed E-state index contributed by atoms with van der Waals surface area (Å²) in [5, 5.41) is 72.0. The van der Waals surface area contributed by atoms with Crippen LogP contribution < -0.4 is 0 Å². The quantitative estimate of drug-likeness (QED) is 0.0271. The number of rotatable bonds is 32. The normalized spacial score (nSPS) is 14.8. The maximum atomic E-state index is 15.2. The first kappa shape index (κ1) is 70.8. The second kappa shape index (κ2) is 33.9. The number of hydrogen-bond donors (Lipinski definition) is 7. The first-order valence-corrected chi connectivity index (χ1v) is 28.7. The van der Waals surface area contributed by atoms with Gasteiger partial charge in [-0.05, 0) is 117 Å². The number of amides is 5. The van der Waals surface area contributed by atoms with Gasteiger partial charge in [0.15, 0.2) is 0 Å². The molecule has 0 aliphatic rings. The summed E-state index contributed by atoms with van der Waals surface area (Å²) in [7, 11) is 0. The number of aliphatic hydroxyl groups excluding tert-OH is 7. The van der Waals surface area contributed by atoms with Crippen molar-refractivity contribution in [1.29, 1.82) is 0 Å². The molecular formula is C63H85N5O18. The average molecular weight is 1200 g/mol. The lowest BCUT2D eigenvalue weighted by Crippen LogP contribution is -2.45. The first-order valence-electron chi connectivity index (χ1n) is 28.7. The van der Waals surface area contributed by atoms with Gasteiger partial charge in [0.1, 0.15) is 18.3 Å². The molecule has 470 valence electrons. The molecule has 0 aromatic heterocycles. The minimum Gasteiger partial charge on any atom is -0.457 e. The van der Waals surface area contributed by atoms with E-state index in [2.05, 4.69) is 0 Å². The van der Waals surface area contributed by atoms with Crippen LogP contribution in [0, 0.1) is 0 Å². The summed E-state index contributed by atoms with van der Waals surface area (Å²) < 4.78 is 17.6. The molecule has 0 fully saturated rings. The van der Waals surface area contributed by atoms with Gasteiger partial charge < -0.3 is 74.5 Å². The molecule has 7 N–H and O–H groups in total. The largest absolute Gasteiger partial charge is 0.457 e. The molecule has 0 saturated carbocycles. The second-order valence-corrected chi connectivity index (χ2v) is 22.0. The molecule has 10 unspecified atom stereocenters. The van der Waals surface area contributed by atoms with Crippen LogP contribution in [0.5, 0.6) is 0 Å². The lowest BCUT2D eigenvalue weighted by molar-refractivity contribution is 0.0103. The maximum absolute atomic E-state index is 15.2. The van der Waals surface area contributed by atoms with Crippen LogP contribution in [0.15, 0.2) is 97.1 Å². The number of ether oxygens (including phenoxy) is 3. The number of carbonyl (C=O) groups excluding carboxylic acids is 8. The summed E-state index contributed by atoms with van der Waals surface area (Å²) in [6.45, 7) is 12.4. The Morgan fingerprint density at radius 3 is 0.686 bits per heavy atom. The van der Waals surface area contributed by atoms with Crippen molar-refractivity contribution in [3.05, 3.63) is 142 Å². The Bertz CT molecular complexity index is 2910. The van der Waals surface area contributed by atoms with E-state index in [9.17, 15) is 69.3 Å². The van der Waals surface area contributed by atoms with E-state index in [0.717, 1.165) is 0 Å². The van der Waals surface area contributed by atoms with Gasteiger partial charge in [-0.3, -0.25) is 24.0 Å². The molecule has 23 heteroatoms. The Morgan fingerprint density at radius 2 is 0.477 bits per heavy atom. The third kappa shape index (κ3) is 21.4. The SMILES string of the molecule is CCC(O)CN(CC(C)O)C(=O)c1ccccc1C(=O)OC(C)CN(CC(C)OC(=O)c1ccccc1C(=O)N(CC(C)O)CC(C)O)C(=O)c1ccccc1C(=O)N(CC(C)O)CC(C)OC(=O)c1ccccc1C(=O)N(CC(C)O)CC(C)O. The zero-order valence-corrected chi connectivity index (χ0v) is 50.6. The predicted molar refractivity (Wildman–Crippen MR) is 316 cm³/mol. The second-order valence-electron chi connectivity index (χ2n) is 22.0. The van der Waals surface area contributed by atoms with Gasteiger partial charge in [-0.2, -0.15) is 0 Å². The Kier molecular flexibility index (Phi) is 27.9. The zero-order valence-electron chi connectivity index (χ0n) is 50.6. The van der Waals surface area contributed by atoms with E-state index in [0.29, 0.717) is 6.42 Å². The van der Waals surface area contributed by atoms with Crippen LogP contribution in [0.1, 0.15) is 159 Å². The molecule has 4 aromatic carbocycles. The molecule has 0 saturated heterocycles. The lowest BCUT2D eigenvalue weighted by Gasteiger charge is -2.31. The third-order valence-corrected chi connectivity index (χ3v) is 13.1. The predicted octanol–water partition coefficient (Wildman–Crippen LogP) is 3.69. The zero-order chi connectivity index (χ0) is 64.1. The van der Waals surface area contributed by atoms with Gasteiger partial charge >= 0.3 is 17.9 Å². The number of hydrogen-bond acceptors (Lipinski definition) is 18. The Morgan fingerprint density at radius 1 is 0.302 bits per heavy atom. The number of carbonyl (C=O) groups is 8. The fourth-order valence-corrected chi connectivity index (χ4v) is 9.53. The number of benzene rings is 4. The lowest BCUT2D eigenvalue weighted by atomic mass is 10.0. The first-order chi connectivity index (χ1) is 40.5. The average Bonchev–Trinajstić information content (AvgIpc) is 2.06. The molecule has 4 rings (SSSR count). The molecule has 0 radical (unpaired) electrons. The third-order valence-electron chi connectivity index (χ3n) is 13.1. The van der Waals surface area contributed by atoms with Gasteiger partial charge in [-0.15, -0.1) is 0 Å². The summed E-state index contributed by atoms with van der Waals surface area (Å²) in [6, 6.07) is 23.0. The van der Waals surface area contributed by atoms with Crippen LogP contribution >= 0.6 is 0 Å². The summed E-state index contributed by atoms with van der Waals surface area (Å²) in [4.78, 5) is 120. The molecule has 23 nitrogen and oxygen atoms in total. The summed E-state index contributed by atoms with van der Waals surface area (Å²) in [5.41, 5.74) is -1.13. The van der Waals surface area contributed by atoms with Crippen LogP contribution in [-0.2, 0) is 14.2 Å². The van der Waals surface area contributed by atoms with E-state index < -0.39 is 122 Å². The van der Waals surface area contributed by atoms with E-state index in [-0.39, 0.29) is 96.9 Å². The highest BCUT2D eigenvalue weighted by Crippen LogP contribution is 2.23. The molecule has 5 amide bonds. The molecule has 4 aromatic rings. The molecule has 10 atom stereocenters. The highest BCUT2D eigenvalue weighted by Gasteiger charge is 2.33.